The number of nitrogens with zero attached hydrogens (tertiary/aromatic N) is 1. The molecule has 94 valence electrons. The normalized spacial score (nSPS) is 12.4. The van der Waals surface area contributed by atoms with Crippen molar-refractivity contribution in [3.05, 3.63) is 62.8 Å². The quantitative estimate of drug-likeness (QED) is 0.924. The van der Waals surface area contributed by atoms with E-state index in [1.165, 1.54) is 5.56 Å². The Balaban J connectivity index is 2.25. The molecule has 1 unspecified atom stereocenters. The largest absolute Gasteiger partial charge is 0.324 e. The highest BCUT2D eigenvalue weighted by Crippen LogP contribution is 2.25. The maximum Gasteiger partial charge on any atom is 0.0622 e. The van der Waals surface area contributed by atoms with Crippen molar-refractivity contribution in [2.24, 2.45) is 5.73 Å². The molecule has 0 aliphatic rings. The maximum atomic E-state index is 6.27. The van der Waals surface area contributed by atoms with Crippen molar-refractivity contribution in [3.63, 3.8) is 0 Å². The van der Waals surface area contributed by atoms with Gasteiger partial charge in [-0.05, 0) is 48.2 Å². The van der Waals surface area contributed by atoms with Crippen LogP contribution in [-0.2, 0) is 6.42 Å². The molecule has 1 atom stereocenters. The summed E-state index contributed by atoms with van der Waals surface area (Å²) in [5.41, 5.74) is 9.62. The van der Waals surface area contributed by atoms with E-state index < -0.39 is 0 Å². The number of nitrogens with two attached hydrogens (primary N) is 1. The molecule has 0 saturated carbocycles. The third-order valence-corrected chi connectivity index (χ3v) is 3.77. The standard InChI is InChI=1S/C14H14BrClN2/c1-9-2-3-11(15)7-12(9)14(17)6-10-4-5-18-8-13(10)16/h2-5,7-8,14H,6,17H2,1H3. The molecule has 2 rings (SSSR count). The number of aryl methyl sites for hydroxylation is 1. The maximum absolute atomic E-state index is 6.27. The Labute approximate surface area is 120 Å². The molecule has 0 amide bonds. The van der Waals surface area contributed by atoms with Crippen LogP contribution in [0, 0.1) is 6.92 Å². The van der Waals surface area contributed by atoms with Crippen molar-refractivity contribution in [1.82, 2.24) is 4.98 Å². The minimum atomic E-state index is -0.0672. The molecule has 1 aromatic heterocycles. The number of benzene rings is 1. The summed E-state index contributed by atoms with van der Waals surface area (Å²) in [6.07, 6.45) is 4.09. The SMILES string of the molecule is Cc1ccc(Br)cc1C(N)Cc1ccncc1Cl. The summed E-state index contributed by atoms with van der Waals surface area (Å²) >= 11 is 9.57. The Morgan fingerprint density at radius 1 is 1.39 bits per heavy atom. The van der Waals surface area contributed by atoms with E-state index in [4.69, 9.17) is 17.3 Å². The lowest BCUT2D eigenvalue weighted by atomic mass is 9.96. The average molecular weight is 326 g/mol. The van der Waals surface area contributed by atoms with Crippen molar-refractivity contribution >= 4 is 27.5 Å². The smallest absolute Gasteiger partial charge is 0.0622 e. The second kappa shape index (κ2) is 5.83. The molecule has 4 heteroatoms. The summed E-state index contributed by atoms with van der Waals surface area (Å²) in [7, 11) is 0. The molecule has 2 aromatic rings. The van der Waals surface area contributed by atoms with Crippen molar-refractivity contribution in [3.8, 4) is 0 Å². The highest BCUT2D eigenvalue weighted by atomic mass is 79.9. The van der Waals surface area contributed by atoms with Gasteiger partial charge >= 0.3 is 0 Å². The van der Waals surface area contributed by atoms with Crippen LogP contribution in [0.15, 0.2) is 41.1 Å². The molecular weight excluding hydrogens is 312 g/mol. The van der Waals surface area contributed by atoms with Crippen LogP contribution in [0.2, 0.25) is 5.02 Å². The fourth-order valence-electron chi connectivity index (χ4n) is 1.93. The van der Waals surface area contributed by atoms with Crippen molar-refractivity contribution in [2.75, 3.05) is 0 Å². The first-order valence-electron chi connectivity index (χ1n) is 5.68. The molecule has 0 aliphatic carbocycles. The van der Waals surface area contributed by atoms with Gasteiger partial charge in [-0.25, -0.2) is 0 Å². The number of aromatic nitrogens is 1. The van der Waals surface area contributed by atoms with Gasteiger partial charge in [0.05, 0.1) is 5.02 Å². The van der Waals surface area contributed by atoms with Crippen molar-refractivity contribution in [1.29, 1.82) is 0 Å². The zero-order valence-electron chi connectivity index (χ0n) is 10.0. The fourth-order valence-corrected chi connectivity index (χ4v) is 2.50. The van der Waals surface area contributed by atoms with Gasteiger partial charge in [0.25, 0.3) is 0 Å². The number of hydrogen-bond acceptors (Lipinski definition) is 2. The van der Waals surface area contributed by atoms with Crippen LogP contribution in [0.1, 0.15) is 22.7 Å². The highest BCUT2D eigenvalue weighted by Gasteiger charge is 2.12. The Morgan fingerprint density at radius 2 is 2.17 bits per heavy atom. The van der Waals surface area contributed by atoms with Crippen LogP contribution in [0.3, 0.4) is 0 Å². The molecule has 0 fully saturated rings. The number of halogens is 2. The zero-order chi connectivity index (χ0) is 13.1. The van der Waals surface area contributed by atoms with E-state index in [9.17, 15) is 0 Å². The Bertz CT molecular complexity index is 557. The van der Waals surface area contributed by atoms with Gasteiger partial charge < -0.3 is 5.73 Å². The van der Waals surface area contributed by atoms with Gasteiger partial charge in [-0.1, -0.05) is 33.6 Å². The number of rotatable bonds is 3. The fraction of sp³-hybridized carbons (Fsp3) is 0.214. The predicted molar refractivity (Wildman–Crippen MR) is 78.8 cm³/mol. The topological polar surface area (TPSA) is 38.9 Å². The minimum absolute atomic E-state index is 0.0672. The van der Waals surface area contributed by atoms with Crippen LogP contribution >= 0.6 is 27.5 Å². The first kappa shape index (κ1) is 13.5. The van der Waals surface area contributed by atoms with Crippen LogP contribution in [0.4, 0.5) is 0 Å². The number of pyridine rings is 1. The van der Waals surface area contributed by atoms with Gasteiger partial charge in [-0.3, -0.25) is 4.98 Å². The van der Waals surface area contributed by atoms with Crippen LogP contribution in [-0.4, -0.2) is 4.98 Å². The molecule has 0 bridgehead atoms. The van der Waals surface area contributed by atoms with Gasteiger partial charge in [-0.2, -0.15) is 0 Å². The van der Waals surface area contributed by atoms with Gasteiger partial charge in [-0.15, -0.1) is 0 Å². The molecular formula is C14H14BrClN2. The van der Waals surface area contributed by atoms with E-state index in [-0.39, 0.29) is 6.04 Å². The monoisotopic (exact) mass is 324 g/mol. The van der Waals surface area contributed by atoms with Gasteiger partial charge in [0.2, 0.25) is 0 Å². The third kappa shape index (κ3) is 3.10. The average Bonchev–Trinajstić information content (AvgIpc) is 2.35. The minimum Gasteiger partial charge on any atom is -0.324 e. The molecule has 0 aliphatic heterocycles. The summed E-state index contributed by atoms with van der Waals surface area (Å²) in [4.78, 5) is 3.98. The van der Waals surface area contributed by atoms with E-state index in [1.807, 2.05) is 12.1 Å². The first-order valence-corrected chi connectivity index (χ1v) is 6.85. The second-order valence-electron chi connectivity index (χ2n) is 4.28. The molecule has 18 heavy (non-hydrogen) atoms. The molecule has 2 N–H and O–H groups in total. The number of hydrogen-bond donors (Lipinski definition) is 1. The lowest BCUT2D eigenvalue weighted by Crippen LogP contribution is -2.15. The summed E-state index contributed by atoms with van der Waals surface area (Å²) in [6.45, 7) is 2.07. The van der Waals surface area contributed by atoms with Gasteiger partial charge in [0, 0.05) is 22.9 Å². The van der Waals surface area contributed by atoms with E-state index >= 15 is 0 Å². The summed E-state index contributed by atoms with van der Waals surface area (Å²) in [5.74, 6) is 0. The summed E-state index contributed by atoms with van der Waals surface area (Å²) in [6, 6.07) is 7.99. The molecule has 1 aromatic carbocycles. The summed E-state index contributed by atoms with van der Waals surface area (Å²) < 4.78 is 1.04. The van der Waals surface area contributed by atoms with Crippen molar-refractivity contribution < 1.29 is 0 Å². The second-order valence-corrected chi connectivity index (χ2v) is 5.60. The van der Waals surface area contributed by atoms with Crippen molar-refractivity contribution in [2.45, 2.75) is 19.4 Å². The Hall–Kier alpha value is -0.900. The molecule has 1 heterocycles. The first-order chi connectivity index (χ1) is 8.58. The molecule has 2 nitrogen and oxygen atoms in total. The Morgan fingerprint density at radius 3 is 2.89 bits per heavy atom. The zero-order valence-corrected chi connectivity index (χ0v) is 12.4. The van der Waals surface area contributed by atoms with Crippen LogP contribution in [0.25, 0.3) is 0 Å². The molecule has 0 radical (unpaired) electrons. The third-order valence-electron chi connectivity index (χ3n) is 2.94. The van der Waals surface area contributed by atoms with E-state index in [1.54, 1.807) is 12.4 Å². The van der Waals surface area contributed by atoms with Gasteiger partial charge in [0.15, 0.2) is 0 Å². The molecule has 0 saturated heterocycles. The van der Waals surface area contributed by atoms with E-state index in [0.717, 1.165) is 15.6 Å². The summed E-state index contributed by atoms with van der Waals surface area (Å²) in [5, 5.41) is 0.667. The lowest BCUT2D eigenvalue weighted by molar-refractivity contribution is 0.715. The van der Waals surface area contributed by atoms with Crippen LogP contribution in [0.5, 0.6) is 0 Å². The highest BCUT2D eigenvalue weighted by molar-refractivity contribution is 9.10. The predicted octanol–water partition coefficient (Wildman–Crippen LogP) is 4.05. The van der Waals surface area contributed by atoms with E-state index in [2.05, 4.69) is 40.0 Å². The van der Waals surface area contributed by atoms with Crippen LogP contribution < -0.4 is 5.73 Å². The Kier molecular flexibility index (Phi) is 4.38. The van der Waals surface area contributed by atoms with E-state index in [0.29, 0.717) is 11.4 Å². The lowest BCUT2D eigenvalue weighted by Gasteiger charge is -2.16. The van der Waals surface area contributed by atoms with Gasteiger partial charge in [0.1, 0.15) is 0 Å². The molecule has 0 spiro atoms.